The van der Waals surface area contributed by atoms with Crippen molar-refractivity contribution >= 4 is 34.6 Å². The summed E-state index contributed by atoms with van der Waals surface area (Å²) in [5.41, 5.74) is 5.42. The number of ether oxygens (including phenoxy) is 2. The lowest BCUT2D eigenvalue weighted by Gasteiger charge is -2.28. The Bertz CT molecular complexity index is 1120. The Hall–Kier alpha value is -2.61. The summed E-state index contributed by atoms with van der Waals surface area (Å²) < 4.78 is 13.0. The number of pyridine rings is 1. The summed E-state index contributed by atoms with van der Waals surface area (Å²) in [6.45, 7) is 5.18. The minimum absolute atomic E-state index is 0.0753. The quantitative estimate of drug-likeness (QED) is 0.392. The molecule has 2 atom stereocenters. The minimum Gasteiger partial charge on any atom is -0.490 e. The molecule has 1 aromatic carbocycles. The Morgan fingerprint density at radius 1 is 1.16 bits per heavy atom. The first kappa shape index (κ1) is 22.6. The second-order valence-corrected chi connectivity index (χ2v) is 8.63. The van der Waals surface area contributed by atoms with E-state index in [-0.39, 0.29) is 12.1 Å². The average Bonchev–Trinajstić information content (AvgIpc) is 3.26. The van der Waals surface area contributed by atoms with Gasteiger partial charge in [-0.2, -0.15) is 0 Å². The smallest absolute Gasteiger partial charge is 0.174 e. The van der Waals surface area contributed by atoms with Crippen molar-refractivity contribution in [1.29, 1.82) is 0 Å². The van der Waals surface area contributed by atoms with Crippen molar-refractivity contribution in [2.24, 2.45) is 7.05 Å². The molecule has 1 N–H and O–H groups in total. The van der Waals surface area contributed by atoms with Crippen molar-refractivity contribution < 1.29 is 9.47 Å². The lowest BCUT2D eigenvalue weighted by atomic mass is 9.96. The van der Waals surface area contributed by atoms with Gasteiger partial charge >= 0.3 is 0 Å². The van der Waals surface area contributed by atoms with E-state index < -0.39 is 0 Å². The Balaban J connectivity index is 1.76. The lowest BCUT2D eigenvalue weighted by Crippen LogP contribution is -2.29. The molecule has 0 radical (unpaired) electrons. The van der Waals surface area contributed by atoms with Gasteiger partial charge in [0.25, 0.3) is 0 Å². The minimum atomic E-state index is -0.0967. The molecule has 0 unspecified atom stereocenters. The Kier molecular flexibility index (Phi) is 6.69. The maximum atomic E-state index is 6.57. The van der Waals surface area contributed by atoms with Gasteiger partial charge < -0.3 is 24.3 Å². The van der Waals surface area contributed by atoms with Crippen LogP contribution in [0.25, 0.3) is 0 Å². The monoisotopic (exact) mass is 470 g/mol. The normalized spacial score (nSPS) is 18.2. The van der Waals surface area contributed by atoms with Crippen molar-refractivity contribution in [2.75, 3.05) is 25.2 Å². The van der Waals surface area contributed by atoms with Crippen molar-refractivity contribution in [3.8, 4) is 5.75 Å². The maximum absolute atomic E-state index is 6.57. The van der Waals surface area contributed by atoms with Gasteiger partial charge in [-0.05, 0) is 68.0 Å². The molecule has 0 saturated carbocycles. The molecule has 0 spiro atoms. The number of methoxy groups -OCH3 is 1. The highest BCUT2D eigenvalue weighted by molar-refractivity contribution is 7.80. The number of aryl methyl sites for hydroxylation is 1. The van der Waals surface area contributed by atoms with E-state index in [0.717, 1.165) is 11.4 Å². The summed E-state index contributed by atoms with van der Waals surface area (Å²) in [7, 11) is 3.72. The van der Waals surface area contributed by atoms with Crippen molar-refractivity contribution in [3.63, 3.8) is 0 Å². The van der Waals surface area contributed by atoms with E-state index in [9.17, 15) is 0 Å². The van der Waals surface area contributed by atoms with Crippen molar-refractivity contribution in [1.82, 2.24) is 14.9 Å². The first-order chi connectivity index (χ1) is 15.4. The third kappa shape index (κ3) is 4.20. The van der Waals surface area contributed by atoms with Crippen molar-refractivity contribution in [2.45, 2.75) is 25.9 Å². The van der Waals surface area contributed by atoms with Gasteiger partial charge in [-0.3, -0.25) is 4.98 Å². The summed E-state index contributed by atoms with van der Waals surface area (Å²) >= 11 is 12.4. The van der Waals surface area contributed by atoms with Crippen molar-refractivity contribution in [3.05, 3.63) is 76.3 Å². The first-order valence-electron chi connectivity index (χ1n) is 10.5. The first-order valence-corrected chi connectivity index (χ1v) is 11.3. The van der Waals surface area contributed by atoms with E-state index in [1.807, 2.05) is 42.6 Å². The molecular weight excluding hydrogens is 444 g/mol. The van der Waals surface area contributed by atoms with Crippen LogP contribution < -0.4 is 15.0 Å². The van der Waals surface area contributed by atoms with Crippen LogP contribution in [0, 0.1) is 13.8 Å². The number of anilines is 1. The molecule has 1 fully saturated rings. The molecule has 3 heterocycles. The van der Waals surface area contributed by atoms with Crippen LogP contribution in [0.2, 0.25) is 5.02 Å². The fourth-order valence-corrected chi connectivity index (χ4v) is 4.70. The van der Waals surface area contributed by atoms with E-state index in [2.05, 4.69) is 46.7 Å². The van der Waals surface area contributed by atoms with Crippen LogP contribution in [0.3, 0.4) is 0 Å². The SMILES string of the molecule is COCCOc1ccc(N2C(=S)N[C@H](c3ccccn3)[C@@H]2c2cc(C)n(C)c2C)cc1Cl. The zero-order valence-corrected chi connectivity index (χ0v) is 20.2. The fourth-order valence-electron chi connectivity index (χ4n) is 4.12. The van der Waals surface area contributed by atoms with Gasteiger partial charge in [0.15, 0.2) is 5.11 Å². The summed E-state index contributed by atoms with van der Waals surface area (Å²) in [6.07, 6.45) is 1.81. The van der Waals surface area contributed by atoms with E-state index >= 15 is 0 Å². The number of rotatable bonds is 7. The number of nitrogens with zero attached hydrogens (tertiary/aromatic N) is 3. The number of aromatic nitrogens is 2. The molecule has 8 heteroatoms. The highest BCUT2D eigenvalue weighted by Gasteiger charge is 2.42. The molecule has 0 amide bonds. The van der Waals surface area contributed by atoms with Gasteiger partial charge in [-0.15, -0.1) is 0 Å². The van der Waals surface area contributed by atoms with E-state index in [4.69, 9.17) is 33.3 Å². The third-order valence-corrected chi connectivity index (χ3v) is 6.58. The molecule has 0 bridgehead atoms. The number of halogens is 1. The van der Waals surface area contributed by atoms with Crippen LogP contribution in [0.1, 0.15) is 34.7 Å². The third-order valence-electron chi connectivity index (χ3n) is 5.97. The standard InChI is InChI=1S/C24H27ClN4O2S/c1-15-13-18(16(2)28(15)3)23-22(20-7-5-6-10-26-20)27-24(32)29(23)17-8-9-21(19(25)14-17)31-12-11-30-4/h5-10,13-14,22-23H,11-12H2,1-4H3,(H,27,32)/t22-,23+/m1/s1. The fraction of sp³-hybridized carbons (Fsp3) is 0.333. The van der Waals surface area contributed by atoms with Crippen LogP contribution in [-0.2, 0) is 11.8 Å². The highest BCUT2D eigenvalue weighted by Crippen LogP contribution is 2.44. The predicted molar refractivity (Wildman–Crippen MR) is 132 cm³/mol. The molecule has 1 aliphatic rings. The summed E-state index contributed by atoms with van der Waals surface area (Å²) in [5.74, 6) is 0.620. The number of benzene rings is 1. The van der Waals surface area contributed by atoms with Crippen LogP contribution in [0.5, 0.6) is 5.75 Å². The number of nitrogens with one attached hydrogen (secondary N) is 1. The van der Waals surface area contributed by atoms with Gasteiger partial charge in [-0.1, -0.05) is 17.7 Å². The maximum Gasteiger partial charge on any atom is 0.174 e. The van der Waals surface area contributed by atoms with Gasteiger partial charge in [0.2, 0.25) is 0 Å². The molecule has 1 saturated heterocycles. The van der Waals surface area contributed by atoms with E-state index in [1.165, 1.54) is 17.0 Å². The van der Waals surface area contributed by atoms with Crippen LogP contribution in [0.4, 0.5) is 5.69 Å². The Morgan fingerprint density at radius 3 is 2.59 bits per heavy atom. The molecule has 0 aliphatic carbocycles. The zero-order chi connectivity index (χ0) is 22.8. The van der Waals surface area contributed by atoms with E-state index in [1.54, 1.807) is 7.11 Å². The van der Waals surface area contributed by atoms with Crippen LogP contribution >= 0.6 is 23.8 Å². The molecule has 168 valence electrons. The second kappa shape index (κ2) is 9.48. The molecular formula is C24H27ClN4O2S. The van der Waals surface area contributed by atoms with Gasteiger partial charge in [-0.25, -0.2) is 0 Å². The second-order valence-electron chi connectivity index (χ2n) is 7.84. The zero-order valence-electron chi connectivity index (χ0n) is 18.6. The summed E-state index contributed by atoms with van der Waals surface area (Å²) in [6, 6.07) is 13.8. The van der Waals surface area contributed by atoms with Gasteiger partial charge in [0.1, 0.15) is 12.4 Å². The van der Waals surface area contributed by atoms with Crippen LogP contribution in [-0.4, -0.2) is 35.0 Å². The summed E-state index contributed by atoms with van der Waals surface area (Å²) in [5, 5.41) is 4.66. The van der Waals surface area contributed by atoms with E-state index in [0.29, 0.717) is 29.1 Å². The molecule has 2 aromatic heterocycles. The Morgan fingerprint density at radius 2 is 1.97 bits per heavy atom. The molecule has 1 aliphatic heterocycles. The molecule has 4 rings (SSSR count). The van der Waals surface area contributed by atoms with Gasteiger partial charge in [0.05, 0.1) is 29.4 Å². The molecule has 32 heavy (non-hydrogen) atoms. The van der Waals surface area contributed by atoms with Gasteiger partial charge in [0, 0.05) is 37.4 Å². The largest absolute Gasteiger partial charge is 0.490 e. The topological polar surface area (TPSA) is 51.6 Å². The highest BCUT2D eigenvalue weighted by atomic mass is 35.5. The molecule has 6 nitrogen and oxygen atoms in total. The average molecular weight is 471 g/mol. The molecule has 3 aromatic rings. The number of hydrogen-bond donors (Lipinski definition) is 1. The predicted octanol–water partition coefficient (Wildman–Crippen LogP) is 4.89. The van der Waals surface area contributed by atoms with Crippen LogP contribution in [0.15, 0.2) is 48.7 Å². The number of thiocarbonyl (C=S) groups is 1. The Labute approximate surface area is 199 Å². The number of hydrogen-bond acceptors (Lipinski definition) is 4. The lowest BCUT2D eigenvalue weighted by molar-refractivity contribution is 0.146. The summed E-state index contributed by atoms with van der Waals surface area (Å²) in [4.78, 5) is 6.74.